The van der Waals surface area contributed by atoms with E-state index >= 15 is 0 Å². The highest BCUT2D eigenvalue weighted by atomic mass is 32.1. The highest BCUT2D eigenvalue weighted by Crippen LogP contribution is 2.43. The number of nitrogens with two attached hydrogens (primary N) is 1. The molecule has 1 saturated carbocycles. The van der Waals surface area contributed by atoms with Gasteiger partial charge in [0.05, 0.1) is 15.2 Å². The molecule has 17 heavy (non-hydrogen) atoms. The molecule has 0 radical (unpaired) electrons. The van der Waals surface area contributed by atoms with E-state index in [-0.39, 0.29) is 0 Å². The van der Waals surface area contributed by atoms with Crippen LogP contribution < -0.4 is 5.73 Å². The number of unbranched alkanes of at least 4 members (excludes halogenated alkanes) is 1. The Labute approximate surface area is 106 Å². The first-order valence-electron chi connectivity index (χ1n) is 6.47. The molecule has 0 spiro atoms. The van der Waals surface area contributed by atoms with E-state index in [0.29, 0.717) is 0 Å². The highest BCUT2D eigenvalue weighted by molar-refractivity contribution is 7.18. The van der Waals surface area contributed by atoms with Crippen molar-refractivity contribution >= 4 is 21.6 Å². The van der Waals surface area contributed by atoms with Gasteiger partial charge in [0.25, 0.3) is 0 Å². The summed E-state index contributed by atoms with van der Waals surface area (Å²) < 4.78 is 1.36. The standard InChI is InChI=1S/C14H18N2S/c15-9-2-1-4-10-5-3-6-12-13(10)16-14(17-12)11-7-8-11/h3,5-6,11H,1-2,4,7-9,15H2. The van der Waals surface area contributed by atoms with E-state index in [2.05, 4.69) is 18.2 Å². The maximum absolute atomic E-state index is 5.54. The second-order valence-electron chi connectivity index (χ2n) is 4.84. The molecule has 1 heterocycles. The molecule has 0 aliphatic heterocycles. The van der Waals surface area contributed by atoms with E-state index in [1.54, 1.807) is 0 Å². The minimum atomic E-state index is 0.768. The summed E-state index contributed by atoms with van der Waals surface area (Å²) in [6.45, 7) is 0.792. The Morgan fingerprint density at radius 3 is 2.94 bits per heavy atom. The van der Waals surface area contributed by atoms with Crippen LogP contribution in [0.2, 0.25) is 0 Å². The fraction of sp³-hybridized carbons (Fsp3) is 0.500. The molecular formula is C14H18N2S. The summed E-state index contributed by atoms with van der Waals surface area (Å²) in [6.07, 6.45) is 6.06. The van der Waals surface area contributed by atoms with Crippen LogP contribution in [0.15, 0.2) is 18.2 Å². The minimum Gasteiger partial charge on any atom is -0.330 e. The number of aromatic nitrogens is 1. The lowest BCUT2D eigenvalue weighted by atomic mass is 10.1. The van der Waals surface area contributed by atoms with Gasteiger partial charge in [-0.05, 0) is 50.3 Å². The number of fused-ring (bicyclic) bond motifs is 1. The van der Waals surface area contributed by atoms with Gasteiger partial charge in [0, 0.05) is 5.92 Å². The second kappa shape index (κ2) is 4.75. The minimum absolute atomic E-state index is 0.768. The molecule has 0 unspecified atom stereocenters. The molecule has 0 atom stereocenters. The predicted octanol–water partition coefficient (Wildman–Crippen LogP) is 3.46. The van der Waals surface area contributed by atoms with Gasteiger partial charge < -0.3 is 5.73 Å². The number of hydrogen-bond acceptors (Lipinski definition) is 3. The molecule has 1 aliphatic carbocycles. The van der Waals surface area contributed by atoms with Crippen LogP contribution in [0.4, 0.5) is 0 Å². The maximum Gasteiger partial charge on any atom is 0.0969 e. The van der Waals surface area contributed by atoms with Crippen LogP contribution in [0, 0.1) is 0 Å². The van der Waals surface area contributed by atoms with Crippen molar-refractivity contribution in [2.45, 2.75) is 38.0 Å². The number of hydrogen-bond donors (Lipinski definition) is 1. The first-order chi connectivity index (χ1) is 8.38. The van der Waals surface area contributed by atoms with E-state index in [1.807, 2.05) is 11.3 Å². The van der Waals surface area contributed by atoms with Gasteiger partial charge in [-0.3, -0.25) is 0 Å². The van der Waals surface area contributed by atoms with Gasteiger partial charge in [-0.1, -0.05) is 12.1 Å². The van der Waals surface area contributed by atoms with Gasteiger partial charge in [0.1, 0.15) is 0 Å². The number of nitrogens with zero attached hydrogens (tertiary/aromatic N) is 1. The fourth-order valence-corrected chi connectivity index (χ4v) is 3.37. The van der Waals surface area contributed by atoms with E-state index in [4.69, 9.17) is 10.7 Å². The van der Waals surface area contributed by atoms with E-state index < -0.39 is 0 Å². The van der Waals surface area contributed by atoms with Crippen LogP contribution in [0.3, 0.4) is 0 Å². The fourth-order valence-electron chi connectivity index (χ4n) is 2.19. The van der Waals surface area contributed by atoms with Gasteiger partial charge >= 0.3 is 0 Å². The third-order valence-electron chi connectivity index (χ3n) is 3.35. The largest absolute Gasteiger partial charge is 0.330 e. The Morgan fingerprint density at radius 2 is 2.18 bits per heavy atom. The topological polar surface area (TPSA) is 38.9 Å². The molecule has 2 N–H and O–H groups in total. The smallest absolute Gasteiger partial charge is 0.0969 e. The quantitative estimate of drug-likeness (QED) is 0.821. The van der Waals surface area contributed by atoms with Crippen molar-refractivity contribution in [2.24, 2.45) is 5.73 Å². The molecule has 0 amide bonds. The summed E-state index contributed by atoms with van der Waals surface area (Å²) in [7, 11) is 0. The summed E-state index contributed by atoms with van der Waals surface area (Å²) in [5, 5.41) is 1.35. The van der Waals surface area contributed by atoms with Crippen molar-refractivity contribution in [1.82, 2.24) is 4.98 Å². The summed E-state index contributed by atoms with van der Waals surface area (Å²) in [4.78, 5) is 4.84. The number of benzene rings is 1. The number of thiazole rings is 1. The number of aryl methyl sites for hydroxylation is 1. The summed E-state index contributed by atoms with van der Waals surface area (Å²) >= 11 is 1.89. The van der Waals surface area contributed by atoms with Crippen molar-refractivity contribution in [2.75, 3.05) is 6.54 Å². The second-order valence-corrected chi connectivity index (χ2v) is 5.90. The van der Waals surface area contributed by atoms with Gasteiger partial charge in [-0.2, -0.15) is 0 Å². The van der Waals surface area contributed by atoms with Gasteiger partial charge in [-0.25, -0.2) is 4.98 Å². The molecule has 3 rings (SSSR count). The number of para-hydroxylation sites is 1. The van der Waals surface area contributed by atoms with Crippen LogP contribution in [0.1, 0.15) is 42.2 Å². The molecule has 90 valence electrons. The van der Waals surface area contributed by atoms with Gasteiger partial charge in [0.15, 0.2) is 0 Å². The van der Waals surface area contributed by atoms with Gasteiger partial charge in [0.2, 0.25) is 0 Å². The summed E-state index contributed by atoms with van der Waals surface area (Å²) in [5.41, 5.74) is 8.19. The maximum atomic E-state index is 5.54. The average molecular weight is 246 g/mol. The van der Waals surface area contributed by atoms with E-state index in [9.17, 15) is 0 Å². The Balaban J connectivity index is 1.88. The van der Waals surface area contributed by atoms with Crippen LogP contribution in [-0.2, 0) is 6.42 Å². The zero-order valence-electron chi connectivity index (χ0n) is 9.98. The van der Waals surface area contributed by atoms with E-state index in [1.165, 1.54) is 40.1 Å². The van der Waals surface area contributed by atoms with Gasteiger partial charge in [-0.15, -0.1) is 11.3 Å². The molecular weight excluding hydrogens is 228 g/mol. The first-order valence-corrected chi connectivity index (χ1v) is 7.28. The van der Waals surface area contributed by atoms with Crippen molar-refractivity contribution in [3.05, 3.63) is 28.8 Å². The molecule has 1 aromatic heterocycles. The highest BCUT2D eigenvalue weighted by Gasteiger charge is 2.27. The predicted molar refractivity (Wildman–Crippen MR) is 73.6 cm³/mol. The monoisotopic (exact) mass is 246 g/mol. The Morgan fingerprint density at radius 1 is 1.29 bits per heavy atom. The summed E-state index contributed by atoms with van der Waals surface area (Å²) in [5.74, 6) is 0.768. The zero-order valence-corrected chi connectivity index (χ0v) is 10.8. The lowest BCUT2D eigenvalue weighted by molar-refractivity contribution is 0.747. The molecule has 2 aromatic rings. The molecule has 0 saturated heterocycles. The zero-order chi connectivity index (χ0) is 11.7. The number of rotatable bonds is 5. The molecule has 1 fully saturated rings. The van der Waals surface area contributed by atoms with Crippen molar-refractivity contribution in [3.8, 4) is 0 Å². The third kappa shape index (κ3) is 2.35. The third-order valence-corrected chi connectivity index (χ3v) is 4.53. The average Bonchev–Trinajstić information content (AvgIpc) is 3.09. The normalized spacial score (nSPS) is 15.6. The lowest BCUT2D eigenvalue weighted by Crippen LogP contribution is -1.99. The van der Waals surface area contributed by atoms with Crippen molar-refractivity contribution in [3.63, 3.8) is 0 Å². The van der Waals surface area contributed by atoms with E-state index in [0.717, 1.165) is 25.3 Å². The Bertz CT molecular complexity index is 514. The van der Waals surface area contributed by atoms with Crippen LogP contribution in [0.25, 0.3) is 10.2 Å². The van der Waals surface area contributed by atoms with Crippen molar-refractivity contribution < 1.29 is 0 Å². The SMILES string of the molecule is NCCCCc1cccc2sc(C3CC3)nc12. The lowest BCUT2D eigenvalue weighted by Gasteiger charge is -2.01. The van der Waals surface area contributed by atoms with Crippen LogP contribution in [0.5, 0.6) is 0 Å². The Kier molecular flexibility index (Phi) is 3.12. The summed E-state index contributed by atoms with van der Waals surface area (Å²) in [6, 6.07) is 6.58. The molecule has 0 bridgehead atoms. The first kappa shape index (κ1) is 11.2. The molecule has 2 nitrogen and oxygen atoms in total. The molecule has 3 heteroatoms. The molecule has 1 aromatic carbocycles. The Hall–Kier alpha value is -0.930. The van der Waals surface area contributed by atoms with Crippen molar-refractivity contribution in [1.29, 1.82) is 0 Å². The van der Waals surface area contributed by atoms with Crippen LogP contribution >= 0.6 is 11.3 Å². The molecule has 1 aliphatic rings. The van der Waals surface area contributed by atoms with Crippen LogP contribution in [-0.4, -0.2) is 11.5 Å².